The van der Waals surface area contributed by atoms with Crippen molar-refractivity contribution in [1.82, 2.24) is 0 Å². The fourth-order valence-electron chi connectivity index (χ4n) is 0.280. The summed E-state index contributed by atoms with van der Waals surface area (Å²) in [5.41, 5.74) is 0. The first-order valence-electron chi connectivity index (χ1n) is 2.53. The third kappa shape index (κ3) is 6.97. The van der Waals surface area contributed by atoms with E-state index in [4.69, 9.17) is 3.79 Å². The summed E-state index contributed by atoms with van der Waals surface area (Å²) in [6, 6.07) is 0. The number of hydrogen-bond donors (Lipinski definition) is 0. The van der Waals surface area contributed by atoms with Crippen LogP contribution in [-0.2, 0) is 3.79 Å². The molecule has 0 amide bonds. The molecule has 0 atom stereocenters. The van der Waals surface area contributed by atoms with Gasteiger partial charge in [-0.2, -0.15) is 14.1 Å². The highest BCUT2D eigenvalue weighted by Crippen LogP contribution is 1.93. The average molecular weight is 181 g/mol. The molecule has 0 aromatic rings. The molecular weight excluding hydrogens is 171 g/mol. The minimum absolute atomic E-state index is 0.876. The standard InChI is InChI=1S/C3H7O.CH3.Al.BrH/c1-2-3-4;;;/h2-3H2,1H3;1H3;;1H/q-1;;+2;/p-1. The lowest BCUT2D eigenvalue weighted by molar-refractivity contribution is 0.335. The summed E-state index contributed by atoms with van der Waals surface area (Å²) >= 11 is 2.52. The monoisotopic (exact) mass is 180 g/mol. The molecule has 0 aliphatic heterocycles. The molecule has 0 bridgehead atoms. The van der Waals surface area contributed by atoms with Crippen molar-refractivity contribution in [2.24, 2.45) is 0 Å². The molecule has 0 aromatic heterocycles. The van der Waals surface area contributed by atoms with E-state index in [0.717, 1.165) is 13.0 Å². The molecule has 0 heterocycles. The fraction of sp³-hybridized carbons (Fsp3) is 1.00. The maximum Gasteiger partial charge on any atom is 0.553 e. The van der Waals surface area contributed by atoms with E-state index in [0.29, 0.717) is 0 Å². The van der Waals surface area contributed by atoms with Crippen molar-refractivity contribution in [2.45, 2.75) is 19.1 Å². The molecule has 0 aliphatic carbocycles. The predicted octanol–water partition coefficient (Wildman–Crippen LogP) is 1.93. The van der Waals surface area contributed by atoms with Crippen molar-refractivity contribution in [3.05, 3.63) is 0 Å². The van der Waals surface area contributed by atoms with E-state index in [9.17, 15) is 0 Å². The molecular formula is C4H10AlBrO. The molecule has 0 unspecified atom stereocenters. The van der Waals surface area contributed by atoms with E-state index in [1.54, 1.807) is 0 Å². The zero-order chi connectivity index (χ0) is 5.70. The number of hydrogen-bond acceptors (Lipinski definition) is 1. The van der Waals surface area contributed by atoms with Gasteiger partial charge in [-0.05, 0) is 6.42 Å². The molecule has 3 heteroatoms. The molecule has 0 fully saturated rings. The Morgan fingerprint density at radius 3 is 2.43 bits per heavy atom. The van der Waals surface area contributed by atoms with Crippen LogP contribution < -0.4 is 0 Å². The first-order chi connectivity index (χ1) is 3.27. The van der Waals surface area contributed by atoms with Gasteiger partial charge in [-0.1, -0.05) is 12.7 Å². The Morgan fingerprint density at radius 2 is 2.29 bits per heavy atom. The zero-order valence-electron chi connectivity index (χ0n) is 4.78. The van der Waals surface area contributed by atoms with Crippen LogP contribution in [0, 0.1) is 0 Å². The van der Waals surface area contributed by atoms with Crippen molar-refractivity contribution in [2.75, 3.05) is 6.61 Å². The summed E-state index contributed by atoms with van der Waals surface area (Å²) in [6.45, 7) is 3.03. The molecule has 0 aliphatic rings. The van der Waals surface area contributed by atoms with Gasteiger partial charge in [0.05, 0.1) is 0 Å². The third-order valence-corrected chi connectivity index (χ3v) is 2.04. The van der Waals surface area contributed by atoms with Crippen LogP contribution >= 0.6 is 14.1 Å². The molecule has 0 N–H and O–H groups in total. The van der Waals surface area contributed by atoms with Crippen molar-refractivity contribution in [3.8, 4) is 0 Å². The topological polar surface area (TPSA) is 9.23 Å². The first-order valence-corrected chi connectivity index (χ1v) is 7.34. The predicted molar refractivity (Wildman–Crippen MR) is 36.8 cm³/mol. The molecule has 42 valence electrons. The van der Waals surface area contributed by atoms with Crippen LogP contribution in [-0.4, -0.2) is 19.3 Å². The van der Waals surface area contributed by atoms with Gasteiger partial charge in [0.2, 0.25) is 0 Å². The summed E-state index contributed by atoms with van der Waals surface area (Å²) in [6.07, 6.45) is 1.13. The molecule has 0 spiro atoms. The highest BCUT2D eigenvalue weighted by atomic mass is 79.9. The van der Waals surface area contributed by atoms with Gasteiger partial charge >= 0.3 is 12.7 Å². The number of rotatable bonds is 3. The Hall–Kier alpha value is 0.972. The van der Waals surface area contributed by atoms with E-state index in [1.807, 2.05) is 0 Å². The van der Waals surface area contributed by atoms with E-state index < -0.39 is 12.7 Å². The highest BCUT2D eigenvalue weighted by Gasteiger charge is 2.04. The lowest BCUT2D eigenvalue weighted by Crippen LogP contribution is -2.03. The minimum atomic E-state index is -0.876. The third-order valence-electron chi connectivity index (χ3n) is 0.552. The Kier molecular flexibility index (Phi) is 5.83. The van der Waals surface area contributed by atoms with Crippen LogP contribution in [0.5, 0.6) is 0 Å². The zero-order valence-corrected chi connectivity index (χ0v) is 7.52. The van der Waals surface area contributed by atoms with Crippen molar-refractivity contribution in [1.29, 1.82) is 0 Å². The molecule has 0 aromatic carbocycles. The summed E-state index contributed by atoms with van der Waals surface area (Å²) in [7, 11) is 0. The summed E-state index contributed by atoms with van der Waals surface area (Å²) in [5, 5.41) is 0. The van der Waals surface area contributed by atoms with E-state index in [2.05, 4.69) is 26.8 Å². The van der Waals surface area contributed by atoms with Gasteiger partial charge < -0.3 is 3.79 Å². The molecule has 0 radical (unpaired) electrons. The SMILES string of the molecule is CCC[O][Al]([CH3])[Br]. The van der Waals surface area contributed by atoms with Crippen molar-refractivity contribution < 1.29 is 3.79 Å². The molecule has 0 saturated carbocycles. The van der Waals surface area contributed by atoms with Crippen LogP contribution in [0.4, 0.5) is 0 Å². The van der Waals surface area contributed by atoms with Gasteiger partial charge in [-0.15, -0.1) is 0 Å². The van der Waals surface area contributed by atoms with Crippen LogP contribution in [0.2, 0.25) is 5.79 Å². The second-order valence-corrected chi connectivity index (χ2v) is 6.70. The van der Waals surface area contributed by atoms with Crippen molar-refractivity contribution >= 4 is 26.7 Å². The van der Waals surface area contributed by atoms with Crippen molar-refractivity contribution in [3.63, 3.8) is 0 Å². The normalized spacial score (nSPS) is 9.00. The Morgan fingerprint density at radius 1 is 1.71 bits per heavy atom. The smallest absolute Gasteiger partial charge is 0.492 e. The van der Waals surface area contributed by atoms with E-state index in [1.165, 1.54) is 0 Å². The van der Waals surface area contributed by atoms with Gasteiger partial charge in [-0.25, -0.2) is 0 Å². The summed E-state index contributed by atoms with van der Waals surface area (Å²) in [4.78, 5) is 0. The first kappa shape index (κ1) is 7.97. The van der Waals surface area contributed by atoms with E-state index >= 15 is 0 Å². The highest BCUT2D eigenvalue weighted by molar-refractivity contribution is 9.24. The lowest BCUT2D eigenvalue weighted by Gasteiger charge is -1.97. The quantitative estimate of drug-likeness (QED) is 0.604. The maximum absolute atomic E-state index is 5.25. The fourth-order valence-corrected chi connectivity index (χ4v) is 1.40. The lowest BCUT2D eigenvalue weighted by atomic mass is 10.5. The molecule has 7 heavy (non-hydrogen) atoms. The van der Waals surface area contributed by atoms with Gasteiger partial charge in [0.15, 0.2) is 0 Å². The summed E-state index contributed by atoms with van der Waals surface area (Å²) < 4.78 is 5.25. The van der Waals surface area contributed by atoms with Crippen LogP contribution in [0.1, 0.15) is 13.3 Å². The van der Waals surface area contributed by atoms with Crippen LogP contribution in [0.25, 0.3) is 0 Å². The largest absolute Gasteiger partial charge is 0.553 e. The molecule has 0 rings (SSSR count). The van der Waals surface area contributed by atoms with Gasteiger partial charge in [0.1, 0.15) is 0 Å². The Bertz CT molecular complexity index is 40.7. The van der Waals surface area contributed by atoms with Gasteiger partial charge in [0.25, 0.3) is 0 Å². The van der Waals surface area contributed by atoms with Crippen LogP contribution in [0.3, 0.4) is 0 Å². The average Bonchev–Trinajstić information content (AvgIpc) is 1.61. The minimum Gasteiger partial charge on any atom is -0.492 e. The van der Waals surface area contributed by atoms with E-state index in [-0.39, 0.29) is 0 Å². The Balaban J connectivity index is 2.68. The molecule has 0 saturated heterocycles. The van der Waals surface area contributed by atoms with Gasteiger partial charge in [0, 0.05) is 6.61 Å². The van der Waals surface area contributed by atoms with Crippen LogP contribution in [0.15, 0.2) is 0 Å². The van der Waals surface area contributed by atoms with Gasteiger partial charge in [-0.3, -0.25) is 0 Å². The number of halogens is 1. The maximum atomic E-state index is 5.25. The summed E-state index contributed by atoms with van der Waals surface area (Å²) in [5.74, 6) is 2.11. The molecule has 1 nitrogen and oxygen atoms in total. The second kappa shape index (κ2) is 5.12. The second-order valence-electron chi connectivity index (χ2n) is 1.41. The Labute approximate surface area is 56.4 Å².